The van der Waals surface area contributed by atoms with E-state index in [4.69, 9.17) is 4.84 Å². The molecule has 0 N–H and O–H groups in total. The monoisotopic (exact) mass is 359 g/mol. The highest BCUT2D eigenvalue weighted by Gasteiger charge is 2.27. The van der Waals surface area contributed by atoms with Crippen LogP contribution in [0.15, 0.2) is 60.7 Å². The molecule has 4 rings (SSSR count). The van der Waals surface area contributed by atoms with Gasteiger partial charge in [0, 0.05) is 11.1 Å². The molecule has 4 nitrogen and oxygen atoms in total. The molecule has 1 amide bonds. The topological polar surface area (TPSA) is 46.6 Å². The van der Waals surface area contributed by atoms with E-state index in [1.54, 1.807) is 0 Å². The molecular weight excluding hydrogens is 338 g/mol. The summed E-state index contributed by atoms with van der Waals surface area (Å²) in [5.74, 6) is 0.0326. The molecule has 0 saturated carbocycles. The summed E-state index contributed by atoms with van der Waals surface area (Å²) in [5, 5.41) is 3.54. The van der Waals surface area contributed by atoms with E-state index in [-0.39, 0.29) is 11.8 Å². The predicted molar refractivity (Wildman–Crippen MR) is 105 cm³/mol. The van der Waals surface area contributed by atoms with Gasteiger partial charge in [0.15, 0.2) is 5.78 Å². The maximum atomic E-state index is 13.0. The van der Waals surface area contributed by atoms with Gasteiger partial charge in [-0.05, 0) is 41.7 Å². The summed E-state index contributed by atoms with van der Waals surface area (Å²) in [6.07, 6.45) is 2.19. The van der Waals surface area contributed by atoms with Crippen LogP contribution in [0.5, 0.6) is 0 Å². The molecule has 1 aliphatic carbocycles. The van der Waals surface area contributed by atoms with Crippen LogP contribution in [-0.4, -0.2) is 29.9 Å². The molecule has 27 heavy (non-hydrogen) atoms. The van der Waals surface area contributed by atoms with Gasteiger partial charge in [0.2, 0.25) is 6.41 Å². The normalized spacial score (nSPS) is 15.5. The van der Waals surface area contributed by atoms with E-state index in [0.29, 0.717) is 25.0 Å². The molecule has 3 aromatic carbocycles. The number of hydrogen-bond acceptors (Lipinski definition) is 3. The predicted octanol–water partition coefficient (Wildman–Crippen LogP) is 3.95. The first kappa shape index (κ1) is 17.4. The second-order valence-corrected chi connectivity index (χ2v) is 6.75. The lowest BCUT2D eigenvalue weighted by atomic mass is 9.83. The van der Waals surface area contributed by atoms with E-state index in [1.165, 1.54) is 5.06 Å². The van der Waals surface area contributed by atoms with Crippen LogP contribution in [0, 0.1) is 0 Å². The van der Waals surface area contributed by atoms with E-state index < -0.39 is 0 Å². The minimum Gasteiger partial charge on any atom is -0.289 e. The highest BCUT2D eigenvalue weighted by Crippen LogP contribution is 2.34. The van der Waals surface area contributed by atoms with Crippen molar-refractivity contribution in [2.24, 2.45) is 0 Å². The van der Waals surface area contributed by atoms with Crippen LogP contribution >= 0.6 is 0 Å². The van der Waals surface area contributed by atoms with Crippen LogP contribution in [0.4, 0.5) is 0 Å². The van der Waals surface area contributed by atoms with Gasteiger partial charge in [0.05, 0.1) is 12.6 Å². The summed E-state index contributed by atoms with van der Waals surface area (Å²) in [6.45, 7) is 2.33. The van der Waals surface area contributed by atoms with Crippen LogP contribution < -0.4 is 0 Å². The van der Waals surface area contributed by atoms with E-state index >= 15 is 0 Å². The van der Waals surface area contributed by atoms with Gasteiger partial charge in [0.25, 0.3) is 0 Å². The van der Waals surface area contributed by atoms with Gasteiger partial charge in [0.1, 0.15) is 0 Å². The average Bonchev–Trinajstić information content (AvgIpc) is 2.72. The van der Waals surface area contributed by atoms with Crippen molar-refractivity contribution >= 4 is 23.0 Å². The standard InChI is InChI=1S/C23H21NO3/c1-2-27-24(15-25)19-13-17-9-6-10-20-21(12-11-18(14-19)22(17)20)23(26)16-7-4-3-5-8-16/h3-12,15,19H,2,13-14H2,1H3. The molecular formula is C23H21NO3. The number of ketones is 1. The quantitative estimate of drug-likeness (QED) is 0.380. The second-order valence-electron chi connectivity index (χ2n) is 6.75. The summed E-state index contributed by atoms with van der Waals surface area (Å²) < 4.78 is 0. The van der Waals surface area contributed by atoms with Crippen LogP contribution in [0.25, 0.3) is 10.8 Å². The fourth-order valence-corrected chi connectivity index (χ4v) is 3.97. The molecule has 0 spiro atoms. The Bertz CT molecular complexity index is 985. The second kappa shape index (κ2) is 7.33. The Kier molecular flexibility index (Phi) is 4.73. The molecule has 0 bridgehead atoms. The Morgan fingerprint density at radius 1 is 1.04 bits per heavy atom. The molecule has 4 heteroatoms. The number of hydrogen-bond donors (Lipinski definition) is 0. The van der Waals surface area contributed by atoms with Crippen molar-refractivity contribution in [1.82, 2.24) is 5.06 Å². The fourth-order valence-electron chi connectivity index (χ4n) is 3.97. The molecule has 0 aliphatic heterocycles. The molecule has 1 aliphatic rings. The van der Waals surface area contributed by atoms with E-state index in [2.05, 4.69) is 6.07 Å². The van der Waals surface area contributed by atoms with Crippen molar-refractivity contribution in [2.45, 2.75) is 25.8 Å². The maximum Gasteiger partial charge on any atom is 0.233 e. The summed E-state index contributed by atoms with van der Waals surface area (Å²) in [4.78, 5) is 29.9. The van der Waals surface area contributed by atoms with Crippen LogP contribution in [0.3, 0.4) is 0 Å². The van der Waals surface area contributed by atoms with Gasteiger partial charge >= 0.3 is 0 Å². The molecule has 0 radical (unpaired) electrons. The Hall–Kier alpha value is -2.98. The minimum atomic E-state index is -0.0313. The summed E-state index contributed by atoms with van der Waals surface area (Å²) >= 11 is 0. The first-order chi connectivity index (χ1) is 13.2. The number of nitrogens with zero attached hydrogens (tertiary/aromatic N) is 1. The SMILES string of the molecule is CCON(C=O)C1Cc2cccc3c(C(=O)c4ccccc4)ccc(c23)C1. The zero-order valence-corrected chi connectivity index (χ0v) is 15.2. The third kappa shape index (κ3) is 3.13. The lowest BCUT2D eigenvalue weighted by molar-refractivity contribution is -0.184. The zero-order valence-electron chi connectivity index (χ0n) is 15.2. The van der Waals surface area contributed by atoms with Crippen molar-refractivity contribution in [2.75, 3.05) is 6.61 Å². The molecule has 136 valence electrons. The molecule has 1 atom stereocenters. The molecule has 1 unspecified atom stereocenters. The maximum absolute atomic E-state index is 13.0. The Morgan fingerprint density at radius 3 is 2.48 bits per heavy atom. The first-order valence-electron chi connectivity index (χ1n) is 9.22. The number of benzene rings is 3. The Morgan fingerprint density at radius 2 is 1.78 bits per heavy atom. The Labute approximate surface area is 158 Å². The van der Waals surface area contributed by atoms with Crippen LogP contribution in [-0.2, 0) is 22.5 Å². The molecule has 0 fully saturated rings. The number of hydroxylamine groups is 2. The van der Waals surface area contributed by atoms with Gasteiger partial charge in [-0.25, -0.2) is 5.06 Å². The van der Waals surface area contributed by atoms with Crippen LogP contribution in [0.2, 0.25) is 0 Å². The smallest absolute Gasteiger partial charge is 0.233 e. The largest absolute Gasteiger partial charge is 0.289 e. The van der Waals surface area contributed by atoms with Crippen molar-refractivity contribution in [1.29, 1.82) is 0 Å². The molecule has 0 heterocycles. The number of carbonyl (C=O) groups is 2. The van der Waals surface area contributed by atoms with Gasteiger partial charge < -0.3 is 0 Å². The van der Waals surface area contributed by atoms with E-state index in [9.17, 15) is 9.59 Å². The average molecular weight is 359 g/mol. The minimum absolute atomic E-state index is 0.0313. The number of rotatable bonds is 6. The van der Waals surface area contributed by atoms with E-state index in [0.717, 1.165) is 33.9 Å². The van der Waals surface area contributed by atoms with Crippen molar-refractivity contribution in [3.8, 4) is 0 Å². The van der Waals surface area contributed by atoms with Gasteiger partial charge in [-0.15, -0.1) is 0 Å². The lowest BCUT2D eigenvalue weighted by Gasteiger charge is -2.31. The summed E-state index contributed by atoms with van der Waals surface area (Å²) in [5.41, 5.74) is 3.70. The molecule has 3 aromatic rings. The first-order valence-corrected chi connectivity index (χ1v) is 9.22. The highest BCUT2D eigenvalue weighted by molar-refractivity contribution is 6.17. The summed E-state index contributed by atoms with van der Waals surface area (Å²) in [7, 11) is 0. The van der Waals surface area contributed by atoms with Crippen molar-refractivity contribution in [3.05, 3.63) is 82.9 Å². The third-order valence-corrected chi connectivity index (χ3v) is 5.15. The number of carbonyl (C=O) groups excluding carboxylic acids is 2. The Balaban J connectivity index is 1.77. The molecule has 0 aromatic heterocycles. The van der Waals surface area contributed by atoms with Crippen LogP contribution in [0.1, 0.15) is 34.0 Å². The van der Waals surface area contributed by atoms with Crippen molar-refractivity contribution < 1.29 is 14.4 Å². The summed E-state index contributed by atoms with van der Waals surface area (Å²) in [6, 6.07) is 19.3. The van der Waals surface area contributed by atoms with Gasteiger partial charge in [-0.1, -0.05) is 60.7 Å². The zero-order chi connectivity index (χ0) is 18.8. The van der Waals surface area contributed by atoms with E-state index in [1.807, 2.05) is 61.5 Å². The lowest BCUT2D eigenvalue weighted by Crippen LogP contribution is -2.39. The fraction of sp³-hybridized carbons (Fsp3) is 0.217. The van der Waals surface area contributed by atoms with Gasteiger partial charge in [-0.2, -0.15) is 0 Å². The number of amides is 1. The highest BCUT2D eigenvalue weighted by atomic mass is 16.7. The third-order valence-electron chi connectivity index (χ3n) is 5.15. The van der Waals surface area contributed by atoms with Crippen molar-refractivity contribution in [3.63, 3.8) is 0 Å². The van der Waals surface area contributed by atoms with Gasteiger partial charge in [-0.3, -0.25) is 14.4 Å². The molecule has 0 saturated heterocycles.